The van der Waals surface area contributed by atoms with Gasteiger partial charge in [-0.25, -0.2) is 9.69 Å². The summed E-state index contributed by atoms with van der Waals surface area (Å²) in [5.41, 5.74) is 2.62. The Balaban J connectivity index is 2.14. The second-order valence-corrected chi connectivity index (χ2v) is 5.30. The Bertz CT molecular complexity index is 839. The van der Waals surface area contributed by atoms with Crippen LogP contribution in [0.4, 0.5) is 5.69 Å². The summed E-state index contributed by atoms with van der Waals surface area (Å²) in [6, 6.07) is 9.50. The molecule has 0 radical (unpaired) electrons. The van der Waals surface area contributed by atoms with Crippen LogP contribution in [-0.2, 0) is 0 Å². The average Bonchev–Trinajstić information content (AvgIpc) is 2.73. The van der Waals surface area contributed by atoms with Crippen molar-refractivity contribution in [3.05, 3.63) is 64.2 Å². The molecule has 0 saturated carbocycles. The number of carboxylic acid groups (broad SMARTS) is 1. The number of fused-ring (bicyclic) bond motifs is 1. The molecule has 1 heterocycles. The third kappa shape index (κ3) is 1.98. The zero-order chi connectivity index (χ0) is 16.0. The van der Waals surface area contributed by atoms with Crippen molar-refractivity contribution in [1.82, 2.24) is 0 Å². The van der Waals surface area contributed by atoms with Crippen molar-refractivity contribution in [3.8, 4) is 0 Å². The third-order valence-electron chi connectivity index (χ3n) is 3.74. The van der Waals surface area contributed by atoms with Gasteiger partial charge in [-0.3, -0.25) is 9.59 Å². The number of hydrogen-bond donors (Lipinski definition) is 1. The predicted molar refractivity (Wildman–Crippen MR) is 80.5 cm³/mol. The van der Waals surface area contributed by atoms with E-state index in [2.05, 4.69) is 0 Å². The number of nitrogens with zero attached hydrogens (tertiary/aromatic N) is 1. The van der Waals surface area contributed by atoms with Crippen LogP contribution in [0.25, 0.3) is 0 Å². The van der Waals surface area contributed by atoms with Crippen molar-refractivity contribution in [1.29, 1.82) is 0 Å². The van der Waals surface area contributed by atoms with E-state index in [9.17, 15) is 14.4 Å². The number of rotatable bonds is 2. The summed E-state index contributed by atoms with van der Waals surface area (Å²) in [7, 11) is 0. The van der Waals surface area contributed by atoms with Crippen LogP contribution in [0.2, 0.25) is 0 Å². The van der Waals surface area contributed by atoms with Crippen LogP contribution in [0.5, 0.6) is 0 Å². The van der Waals surface area contributed by atoms with Crippen molar-refractivity contribution in [2.24, 2.45) is 0 Å². The van der Waals surface area contributed by atoms with E-state index in [0.29, 0.717) is 5.69 Å². The third-order valence-corrected chi connectivity index (χ3v) is 3.74. The molecule has 3 rings (SSSR count). The predicted octanol–water partition coefficient (Wildman–Crippen LogP) is 2.80. The largest absolute Gasteiger partial charge is 0.478 e. The molecule has 1 aliphatic rings. The highest BCUT2D eigenvalue weighted by atomic mass is 16.4. The maximum absolute atomic E-state index is 12.6. The Morgan fingerprint density at radius 1 is 0.955 bits per heavy atom. The van der Waals surface area contributed by atoms with Crippen LogP contribution < -0.4 is 4.90 Å². The first-order valence-corrected chi connectivity index (χ1v) is 6.73. The molecule has 5 heteroatoms. The van der Waals surface area contributed by atoms with Gasteiger partial charge in [-0.15, -0.1) is 0 Å². The van der Waals surface area contributed by atoms with Gasteiger partial charge in [0, 0.05) is 0 Å². The molecule has 0 atom stereocenters. The Morgan fingerprint density at radius 2 is 1.64 bits per heavy atom. The van der Waals surface area contributed by atoms with Crippen LogP contribution >= 0.6 is 0 Å². The molecule has 0 aliphatic carbocycles. The van der Waals surface area contributed by atoms with Gasteiger partial charge in [0.2, 0.25) is 0 Å². The highest BCUT2D eigenvalue weighted by Gasteiger charge is 2.37. The van der Waals surface area contributed by atoms with Gasteiger partial charge in [0.25, 0.3) is 11.8 Å². The van der Waals surface area contributed by atoms with E-state index in [1.165, 1.54) is 18.2 Å². The fourth-order valence-corrected chi connectivity index (χ4v) is 2.55. The second kappa shape index (κ2) is 4.80. The Morgan fingerprint density at radius 3 is 2.32 bits per heavy atom. The molecular weight excluding hydrogens is 282 g/mol. The van der Waals surface area contributed by atoms with Gasteiger partial charge in [-0.1, -0.05) is 12.1 Å². The van der Waals surface area contributed by atoms with Crippen molar-refractivity contribution < 1.29 is 19.5 Å². The van der Waals surface area contributed by atoms with Crippen molar-refractivity contribution in [2.45, 2.75) is 13.8 Å². The topological polar surface area (TPSA) is 74.7 Å². The van der Waals surface area contributed by atoms with Crippen molar-refractivity contribution in [3.63, 3.8) is 0 Å². The number of carbonyl (C=O) groups is 3. The lowest BCUT2D eigenvalue weighted by Gasteiger charge is -2.17. The number of benzene rings is 2. The number of hydrogen-bond acceptors (Lipinski definition) is 3. The summed E-state index contributed by atoms with van der Waals surface area (Å²) in [6.07, 6.45) is 0. The summed E-state index contributed by atoms with van der Waals surface area (Å²) < 4.78 is 0. The number of aryl methyl sites for hydroxylation is 2. The lowest BCUT2D eigenvalue weighted by Crippen LogP contribution is -2.30. The normalized spacial score (nSPS) is 13.5. The van der Waals surface area contributed by atoms with Gasteiger partial charge in [0.05, 0.1) is 22.4 Å². The lowest BCUT2D eigenvalue weighted by molar-refractivity contribution is 0.0696. The molecule has 2 aromatic carbocycles. The van der Waals surface area contributed by atoms with E-state index in [-0.39, 0.29) is 16.7 Å². The monoisotopic (exact) mass is 295 g/mol. The van der Waals surface area contributed by atoms with E-state index in [4.69, 9.17) is 5.11 Å². The zero-order valence-electron chi connectivity index (χ0n) is 12.1. The van der Waals surface area contributed by atoms with Crippen molar-refractivity contribution >= 4 is 23.5 Å². The molecule has 1 aliphatic heterocycles. The average molecular weight is 295 g/mol. The van der Waals surface area contributed by atoms with Crippen molar-refractivity contribution in [2.75, 3.05) is 4.90 Å². The SMILES string of the molecule is Cc1ccc(C)c(N2C(=O)c3ccc(C(=O)O)cc3C2=O)c1. The first kappa shape index (κ1) is 14.0. The van der Waals surface area contributed by atoms with Gasteiger partial charge in [0.15, 0.2) is 0 Å². The van der Waals surface area contributed by atoms with E-state index in [0.717, 1.165) is 16.0 Å². The van der Waals surface area contributed by atoms with E-state index in [1.807, 2.05) is 26.0 Å². The van der Waals surface area contributed by atoms with Crippen LogP contribution in [0, 0.1) is 13.8 Å². The van der Waals surface area contributed by atoms with E-state index in [1.54, 1.807) is 6.07 Å². The van der Waals surface area contributed by atoms with Crippen LogP contribution in [0.3, 0.4) is 0 Å². The quantitative estimate of drug-likeness (QED) is 0.864. The summed E-state index contributed by atoms with van der Waals surface area (Å²) in [5, 5.41) is 9.02. The maximum Gasteiger partial charge on any atom is 0.335 e. The smallest absolute Gasteiger partial charge is 0.335 e. The van der Waals surface area contributed by atoms with E-state index < -0.39 is 17.8 Å². The Kier molecular flexibility index (Phi) is 3.06. The van der Waals surface area contributed by atoms with Gasteiger partial charge in [-0.05, 0) is 49.2 Å². The number of aromatic carboxylic acids is 1. The molecule has 0 bridgehead atoms. The number of anilines is 1. The molecule has 0 fully saturated rings. The molecule has 22 heavy (non-hydrogen) atoms. The standard InChI is InChI=1S/C17H13NO4/c1-9-3-4-10(2)14(7-9)18-15(19)12-6-5-11(17(21)22)8-13(12)16(18)20/h3-8H,1-2H3,(H,21,22). The minimum Gasteiger partial charge on any atom is -0.478 e. The molecule has 0 unspecified atom stereocenters. The first-order chi connectivity index (χ1) is 10.4. The number of amides is 2. The summed E-state index contributed by atoms with van der Waals surface area (Å²) in [4.78, 5) is 37.2. The summed E-state index contributed by atoms with van der Waals surface area (Å²) >= 11 is 0. The Hall–Kier alpha value is -2.95. The van der Waals surface area contributed by atoms with Gasteiger partial charge in [-0.2, -0.15) is 0 Å². The number of imide groups is 1. The summed E-state index contributed by atoms with van der Waals surface area (Å²) in [5.74, 6) is -2.05. The fraction of sp³-hybridized carbons (Fsp3) is 0.118. The molecule has 5 nitrogen and oxygen atoms in total. The summed E-state index contributed by atoms with van der Waals surface area (Å²) in [6.45, 7) is 3.70. The molecular formula is C17H13NO4. The molecule has 0 aromatic heterocycles. The minimum absolute atomic E-state index is 0.0114. The molecule has 2 amide bonds. The maximum atomic E-state index is 12.6. The lowest BCUT2D eigenvalue weighted by atomic mass is 10.1. The van der Waals surface area contributed by atoms with Gasteiger partial charge >= 0.3 is 5.97 Å². The van der Waals surface area contributed by atoms with Crippen LogP contribution in [0.1, 0.15) is 42.2 Å². The number of carboxylic acids is 1. The number of carbonyl (C=O) groups excluding carboxylic acids is 2. The second-order valence-electron chi connectivity index (χ2n) is 5.30. The molecule has 2 aromatic rings. The fourth-order valence-electron chi connectivity index (χ4n) is 2.55. The molecule has 0 saturated heterocycles. The van der Waals surface area contributed by atoms with Crippen LogP contribution in [0.15, 0.2) is 36.4 Å². The zero-order valence-corrected chi connectivity index (χ0v) is 12.1. The van der Waals surface area contributed by atoms with Gasteiger partial charge in [0.1, 0.15) is 0 Å². The Labute approximate surface area is 126 Å². The highest BCUT2D eigenvalue weighted by molar-refractivity contribution is 6.34. The molecule has 110 valence electrons. The van der Waals surface area contributed by atoms with E-state index >= 15 is 0 Å². The molecule has 1 N–H and O–H groups in total. The first-order valence-electron chi connectivity index (χ1n) is 6.73. The van der Waals surface area contributed by atoms with Crippen LogP contribution in [-0.4, -0.2) is 22.9 Å². The van der Waals surface area contributed by atoms with Gasteiger partial charge < -0.3 is 5.11 Å². The minimum atomic E-state index is -1.13. The highest BCUT2D eigenvalue weighted by Crippen LogP contribution is 2.31. The molecule has 0 spiro atoms.